The standard InChI is InChI=1S/C16H21N3O2/c1-3-17-15-11-13(16(20)18-9-6-10-21-2)12-7-4-5-8-14(12)19-15/h4-5,7-8,11H,3,6,9-10H2,1-2H3,(H,17,19)(H,18,20). The highest BCUT2D eigenvalue weighted by atomic mass is 16.5. The van der Waals surface area contributed by atoms with Crippen LogP contribution < -0.4 is 10.6 Å². The van der Waals surface area contributed by atoms with Crippen molar-refractivity contribution in [2.24, 2.45) is 0 Å². The Bertz CT molecular complexity index is 613. The monoisotopic (exact) mass is 287 g/mol. The van der Waals surface area contributed by atoms with Crippen LogP contribution in [0, 0.1) is 0 Å². The normalized spacial score (nSPS) is 10.6. The van der Waals surface area contributed by atoms with Crippen molar-refractivity contribution in [2.75, 3.05) is 32.1 Å². The van der Waals surface area contributed by atoms with E-state index in [4.69, 9.17) is 4.74 Å². The SMILES string of the molecule is CCNc1cc(C(=O)NCCCOC)c2ccccc2n1. The number of aromatic nitrogens is 1. The summed E-state index contributed by atoms with van der Waals surface area (Å²) in [5, 5.41) is 6.95. The first kappa shape index (κ1) is 15.3. The first-order chi connectivity index (χ1) is 10.3. The van der Waals surface area contributed by atoms with E-state index < -0.39 is 0 Å². The van der Waals surface area contributed by atoms with Gasteiger partial charge in [0.25, 0.3) is 5.91 Å². The molecule has 0 saturated carbocycles. The number of methoxy groups -OCH3 is 1. The molecule has 1 heterocycles. The molecular weight excluding hydrogens is 266 g/mol. The van der Waals surface area contributed by atoms with Gasteiger partial charge in [0.05, 0.1) is 11.1 Å². The Morgan fingerprint density at radius 2 is 2.14 bits per heavy atom. The van der Waals surface area contributed by atoms with Gasteiger partial charge in [-0.2, -0.15) is 0 Å². The molecule has 1 aromatic heterocycles. The zero-order valence-corrected chi connectivity index (χ0v) is 12.5. The van der Waals surface area contributed by atoms with Crippen molar-refractivity contribution in [3.63, 3.8) is 0 Å². The third kappa shape index (κ3) is 3.92. The van der Waals surface area contributed by atoms with Gasteiger partial charge >= 0.3 is 0 Å². The van der Waals surface area contributed by atoms with Crippen LogP contribution in [0.3, 0.4) is 0 Å². The lowest BCUT2D eigenvalue weighted by atomic mass is 10.1. The third-order valence-electron chi connectivity index (χ3n) is 3.13. The number of benzene rings is 1. The number of nitrogens with one attached hydrogen (secondary N) is 2. The molecule has 0 spiro atoms. The topological polar surface area (TPSA) is 63.2 Å². The Hall–Kier alpha value is -2.14. The van der Waals surface area contributed by atoms with Gasteiger partial charge < -0.3 is 15.4 Å². The summed E-state index contributed by atoms with van der Waals surface area (Å²) in [4.78, 5) is 16.9. The fraction of sp³-hybridized carbons (Fsp3) is 0.375. The van der Waals surface area contributed by atoms with E-state index in [2.05, 4.69) is 15.6 Å². The number of anilines is 1. The highest BCUT2D eigenvalue weighted by Crippen LogP contribution is 2.20. The van der Waals surface area contributed by atoms with Crippen LogP contribution in [0.25, 0.3) is 10.9 Å². The minimum Gasteiger partial charge on any atom is -0.385 e. The van der Waals surface area contributed by atoms with Crippen molar-refractivity contribution in [3.8, 4) is 0 Å². The van der Waals surface area contributed by atoms with Crippen molar-refractivity contribution in [1.29, 1.82) is 0 Å². The Balaban J connectivity index is 2.25. The van der Waals surface area contributed by atoms with Crippen molar-refractivity contribution in [1.82, 2.24) is 10.3 Å². The zero-order chi connectivity index (χ0) is 15.1. The second-order valence-electron chi connectivity index (χ2n) is 4.70. The number of ether oxygens (including phenoxy) is 1. The number of carbonyl (C=O) groups is 1. The predicted octanol–water partition coefficient (Wildman–Crippen LogP) is 2.43. The largest absolute Gasteiger partial charge is 0.385 e. The van der Waals surface area contributed by atoms with Gasteiger partial charge in [-0.1, -0.05) is 18.2 Å². The lowest BCUT2D eigenvalue weighted by molar-refractivity contribution is 0.0950. The van der Waals surface area contributed by atoms with E-state index in [1.54, 1.807) is 13.2 Å². The molecule has 0 aliphatic carbocycles. The van der Waals surface area contributed by atoms with Gasteiger partial charge in [0.1, 0.15) is 5.82 Å². The van der Waals surface area contributed by atoms with E-state index >= 15 is 0 Å². The van der Waals surface area contributed by atoms with Crippen LogP contribution in [0.15, 0.2) is 30.3 Å². The zero-order valence-electron chi connectivity index (χ0n) is 12.5. The van der Waals surface area contributed by atoms with Gasteiger partial charge in [-0.25, -0.2) is 4.98 Å². The van der Waals surface area contributed by atoms with Crippen LogP contribution in [-0.2, 0) is 4.74 Å². The Kier molecular flexibility index (Phi) is 5.51. The quantitative estimate of drug-likeness (QED) is 0.768. The van der Waals surface area contributed by atoms with Crippen LogP contribution in [0.2, 0.25) is 0 Å². The maximum Gasteiger partial charge on any atom is 0.252 e. The van der Waals surface area contributed by atoms with Crippen molar-refractivity contribution in [3.05, 3.63) is 35.9 Å². The summed E-state index contributed by atoms with van der Waals surface area (Å²) in [6, 6.07) is 9.47. The average Bonchev–Trinajstić information content (AvgIpc) is 2.51. The summed E-state index contributed by atoms with van der Waals surface area (Å²) in [7, 11) is 1.65. The van der Waals surface area contributed by atoms with E-state index in [9.17, 15) is 4.79 Å². The molecule has 1 amide bonds. The second kappa shape index (κ2) is 7.59. The second-order valence-corrected chi connectivity index (χ2v) is 4.70. The maximum atomic E-state index is 12.4. The van der Waals surface area contributed by atoms with Gasteiger partial charge in [-0.05, 0) is 25.5 Å². The van der Waals surface area contributed by atoms with Crippen LogP contribution in [0.5, 0.6) is 0 Å². The van der Waals surface area contributed by atoms with E-state index in [1.807, 2.05) is 31.2 Å². The highest BCUT2D eigenvalue weighted by Gasteiger charge is 2.12. The summed E-state index contributed by atoms with van der Waals surface area (Å²) in [6.45, 7) is 4.00. The highest BCUT2D eigenvalue weighted by molar-refractivity contribution is 6.06. The van der Waals surface area contributed by atoms with Crippen LogP contribution in [-0.4, -0.2) is 37.7 Å². The number of rotatable bonds is 7. The number of amides is 1. The molecule has 0 radical (unpaired) electrons. The average molecular weight is 287 g/mol. The molecule has 0 fully saturated rings. The lowest BCUT2D eigenvalue weighted by Gasteiger charge is -2.10. The molecule has 0 bridgehead atoms. The minimum absolute atomic E-state index is 0.0798. The number of fused-ring (bicyclic) bond motifs is 1. The predicted molar refractivity (Wildman–Crippen MR) is 84.7 cm³/mol. The molecule has 112 valence electrons. The van der Waals surface area contributed by atoms with E-state index in [0.717, 1.165) is 29.7 Å². The van der Waals surface area contributed by atoms with Gasteiger partial charge in [-0.3, -0.25) is 4.79 Å². The summed E-state index contributed by atoms with van der Waals surface area (Å²) >= 11 is 0. The molecule has 0 atom stereocenters. The van der Waals surface area contributed by atoms with Gasteiger partial charge in [0.2, 0.25) is 0 Å². The smallest absolute Gasteiger partial charge is 0.252 e. The molecule has 5 heteroatoms. The number of pyridine rings is 1. The number of para-hydroxylation sites is 1. The first-order valence-corrected chi connectivity index (χ1v) is 7.17. The molecular formula is C16H21N3O2. The summed E-state index contributed by atoms with van der Waals surface area (Å²) < 4.78 is 4.98. The summed E-state index contributed by atoms with van der Waals surface area (Å²) in [6.07, 6.45) is 0.797. The van der Waals surface area contributed by atoms with E-state index in [-0.39, 0.29) is 5.91 Å². The van der Waals surface area contributed by atoms with Crippen LogP contribution in [0.4, 0.5) is 5.82 Å². The van der Waals surface area contributed by atoms with Crippen LogP contribution in [0.1, 0.15) is 23.7 Å². The van der Waals surface area contributed by atoms with Crippen molar-refractivity contribution < 1.29 is 9.53 Å². The van der Waals surface area contributed by atoms with E-state index in [0.29, 0.717) is 18.7 Å². The van der Waals surface area contributed by atoms with Gasteiger partial charge in [0, 0.05) is 32.2 Å². The first-order valence-electron chi connectivity index (χ1n) is 7.17. The fourth-order valence-corrected chi connectivity index (χ4v) is 2.15. The minimum atomic E-state index is -0.0798. The van der Waals surface area contributed by atoms with Crippen LogP contribution >= 0.6 is 0 Å². The molecule has 2 rings (SSSR count). The number of hydrogen-bond acceptors (Lipinski definition) is 4. The molecule has 2 aromatic rings. The Morgan fingerprint density at radius 3 is 2.90 bits per heavy atom. The Morgan fingerprint density at radius 1 is 1.33 bits per heavy atom. The summed E-state index contributed by atoms with van der Waals surface area (Å²) in [5.74, 6) is 0.641. The Labute approximate surface area is 124 Å². The molecule has 0 unspecified atom stereocenters. The molecule has 0 aliphatic heterocycles. The van der Waals surface area contributed by atoms with Gasteiger partial charge in [0.15, 0.2) is 0 Å². The van der Waals surface area contributed by atoms with Crippen molar-refractivity contribution >= 4 is 22.6 Å². The third-order valence-corrected chi connectivity index (χ3v) is 3.13. The number of nitrogens with zero attached hydrogens (tertiary/aromatic N) is 1. The molecule has 5 nitrogen and oxygen atoms in total. The summed E-state index contributed by atoms with van der Waals surface area (Å²) in [5.41, 5.74) is 1.46. The molecule has 1 aromatic carbocycles. The number of hydrogen-bond donors (Lipinski definition) is 2. The molecule has 0 aliphatic rings. The number of carbonyl (C=O) groups excluding carboxylic acids is 1. The van der Waals surface area contributed by atoms with Crippen molar-refractivity contribution in [2.45, 2.75) is 13.3 Å². The fourth-order valence-electron chi connectivity index (χ4n) is 2.15. The molecule has 0 saturated heterocycles. The van der Waals surface area contributed by atoms with E-state index in [1.165, 1.54) is 0 Å². The van der Waals surface area contributed by atoms with Gasteiger partial charge in [-0.15, -0.1) is 0 Å². The maximum absolute atomic E-state index is 12.4. The lowest BCUT2D eigenvalue weighted by Crippen LogP contribution is -2.25. The molecule has 2 N–H and O–H groups in total. The molecule has 21 heavy (non-hydrogen) atoms.